The second kappa shape index (κ2) is 8.07. The van der Waals surface area contributed by atoms with Crippen LogP contribution in [0.3, 0.4) is 0 Å². The van der Waals surface area contributed by atoms with Crippen molar-refractivity contribution >= 4 is 39.4 Å². The van der Waals surface area contributed by atoms with Crippen LogP contribution in [0.5, 0.6) is 0 Å². The Morgan fingerprint density at radius 3 is 2.75 bits per heavy atom. The Kier molecular flexibility index (Phi) is 6.75. The highest BCUT2D eigenvalue weighted by atomic mass is 79.9. The van der Waals surface area contributed by atoms with E-state index in [-0.39, 0.29) is 25.6 Å². The van der Waals surface area contributed by atoms with E-state index in [1.54, 1.807) is 31.2 Å². The fraction of sp³-hybridized carbons (Fsp3) is 0.286. The standard InChI is InChI=1S/C14H15BrClNO3/c1-3-7-17(9-13(18)20-4-2)14(19)10-5-6-11(15)12(16)8-10/h3,5-6,8H,1,4,7,9H2,2H3. The highest BCUT2D eigenvalue weighted by Crippen LogP contribution is 2.23. The number of carbonyl (C=O) groups excluding carboxylic acids is 2. The summed E-state index contributed by atoms with van der Waals surface area (Å²) >= 11 is 9.23. The van der Waals surface area contributed by atoms with Gasteiger partial charge in [0.25, 0.3) is 5.91 Å². The minimum absolute atomic E-state index is 0.119. The molecule has 0 saturated heterocycles. The summed E-state index contributed by atoms with van der Waals surface area (Å²) in [6.45, 7) is 5.71. The van der Waals surface area contributed by atoms with Crippen LogP contribution in [0.4, 0.5) is 0 Å². The Balaban J connectivity index is 2.89. The summed E-state index contributed by atoms with van der Waals surface area (Å²) in [5.74, 6) is -0.752. The molecule has 6 heteroatoms. The molecule has 0 aliphatic rings. The Bertz CT molecular complexity index is 519. The number of nitrogens with zero attached hydrogens (tertiary/aromatic N) is 1. The van der Waals surface area contributed by atoms with Crippen molar-refractivity contribution in [3.63, 3.8) is 0 Å². The van der Waals surface area contributed by atoms with Crippen LogP contribution in [-0.4, -0.2) is 36.5 Å². The average Bonchev–Trinajstić information content (AvgIpc) is 2.41. The van der Waals surface area contributed by atoms with Gasteiger partial charge in [-0.2, -0.15) is 0 Å². The second-order valence-corrected chi connectivity index (χ2v) is 5.17. The molecule has 20 heavy (non-hydrogen) atoms. The van der Waals surface area contributed by atoms with Crippen LogP contribution in [-0.2, 0) is 9.53 Å². The summed E-state index contributed by atoms with van der Waals surface area (Å²) in [7, 11) is 0. The first-order chi connectivity index (χ1) is 9.49. The van der Waals surface area contributed by atoms with Gasteiger partial charge in [0.1, 0.15) is 6.54 Å². The molecule has 108 valence electrons. The molecule has 0 aliphatic carbocycles. The maximum absolute atomic E-state index is 12.3. The summed E-state index contributed by atoms with van der Waals surface area (Å²) < 4.78 is 5.55. The van der Waals surface area contributed by atoms with E-state index in [0.29, 0.717) is 15.1 Å². The highest BCUT2D eigenvalue weighted by molar-refractivity contribution is 9.10. The van der Waals surface area contributed by atoms with Gasteiger partial charge in [-0.05, 0) is 41.1 Å². The van der Waals surface area contributed by atoms with Crippen molar-refractivity contribution in [1.82, 2.24) is 4.90 Å². The van der Waals surface area contributed by atoms with E-state index in [1.807, 2.05) is 0 Å². The van der Waals surface area contributed by atoms with E-state index in [4.69, 9.17) is 16.3 Å². The van der Waals surface area contributed by atoms with Crippen molar-refractivity contribution in [2.45, 2.75) is 6.92 Å². The molecule has 0 aromatic heterocycles. The molecule has 1 rings (SSSR count). The fourth-order valence-electron chi connectivity index (χ4n) is 1.55. The van der Waals surface area contributed by atoms with Gasteiger partial charge in [0.15, 0.2) is 0 Å². The van der Waals surface area contributed by atoms with Crippen molar-refractivity contribution < 1.29 is 14.3 Å². The molecular formula is C14H15BrClNO3. The van der Waals surface area contributed by atoms with Crippen molar-refractivity contribution in [1.29, 1.82) is 0 Å². The SMILES string of the molecule is C=CCN(CC(=O)OCC)C(=O)c1ccc(Br)c(Cl)c1. The van der Waals surface area contributed by atoms with Crippen LogP contribution in [0.2, 0.25) is 5.02 Å². The van der Waals surface area contributed by atoms with Crippen LogP contribution >= 0.6 is 27.5 Å². The Hall–Kier alpha value is -1.33. The third-order valence-corrected chi connectivity index (χ3v) is 3.66. The third kappa shape index (κ3) is 4.65. The number of carbonyl (C=O) groups is 2. The molecule has 0 atom stereocenters. The molecule has 0 unspecified atom stereocenters. The van der Waals surface area contributed by atoms with Crippen LogP contribution in [0.15, 0.2) is 35.3 Å². The number of hydrogen-bond acceptors (Lipinski definition) is 3. The zero-order valence-corrected chi connectivity index (χ0v) is 13.4. The molecule has 1 aromatic rings. The lowest BCUT2D eigenvalue weighted by Gasteiger charge is -2.20. The molecule has 0 saturated carbocycles. The van der Waals surface area contributed by atoms with Gasteiger partial charge in [0.2, 0.25) is 0 Å². The van der Waals surface area contributed by atoms with Gasteiger partial charge in [0.05, 0.1) is 11.6 Å². The molecular weight excluding hydrogens is 346 g/mol. The first kappa shape index (κ1) is 16.7. The summed E-state index contributed by atoms with van der Waals surface area (Å²) in [6.07, 6.45) is 1.55. The molecule has 0 fully saturated rings. The molecule has 4 nitrogen and oxygen atoms in total. The first-order valence-corrected chi connectivity index (χ1v) is 7.17. The van der Waals surface area contributed by atoms with Gasteiger partial charge in [-0.1, -0.05) is 17.7 Å². The van der Waals surface area contributed by atoms with Gasteiger partial charge in [-0.25, -0.2) is 0 Å². The van der Waals surface area contributed by atoms with E-state index < -0.39 is 5.97 Å². The van der Waals surface area contributed by atoms with Gasteiger partial charge in [0, 0.05) is 16.6 Å². The number of hydrogen-bond donors (Lipinski definition) is 0. The van der Waals surface area contributed by atoms with Gasteiger partial charge in [-0.15, -0.1) is 6.58 Å². The first-order valence-electron chi connectivity index (χ1n) is 6.00. The van der Waals surface area contributed by atoms with Gasteiger partial charge >= 0.3 is 5.97 Å². The second-order valence-electron chi connectivity index (χ2n) is 3.91. The zero-order valence-electron chi connectivity index (χ0n) is 11.1. The number of halogens is 2. The summed E-state index contributed by atoms with van der Waals surface area (Å²) in [6, 6.07) is 4.88. The monoisotopic (exact) mass is 359 g/mol. The topological polar surface area (TPSA) is 46.6 Å². The number of amides is 1. The largest absolute Gasteiger partial charge is 0.465 e. The van der Waals surface area contributed by atoms with E-state index in [9.17, 15) is 9.59 Å². The third-order valence-electron chi connectivity index (χ3n) is 2.43. The van der Waals surface area contributed by atoms with E-state index in [2.05, 4.69) is 22.5 Å². The number of esters is 1. The number of rotatable bonds is 6. The molecule has 0 spiro atoms. The van der Waals surface area contributed by atoms with Crippen molar-refractivity contribution in [3.05, 3.63) is 45.9 Å². The molecule has 0 N–H and O–H groups in total. The molecule has 0 bridgehead atoms. The van der Waals surface area contributed by atoms with E-state index >= 15 is 0 Å². The average molecular weight is 361 g/mol. The zero-order chi connectivity index (χ0) is 15.1. The summed E-state index contributed by atoms with van der Waals surface area (Å²) in [4.78, 5) is 25.2. The van der Waals surface area contributed by atoms with Crippen LogP contribution in [0, 0.1) is 0 Å². The maximum Gasteiger partial charge on any atom is 0.325 e. The van der Waals surface area contributed by atoms with E-state index in [1.165, 1.54) is 4.90 Å². The normalized spacial score (nSPS) is 9.95. The smallest absolute Gasteiger partial charge is 0.325 e. The van der Waals surface area contributed by atoms with Crippen molar-refractivity contribution in [3.8, 4) is 0 Å². The lowest BCUT2D eigenvalue weighted by atomic mass is 10.2. The summed E-state index contributed by atoms with van der Waals surface area (Å²) in [5.41, 5.74) is 0.407. The maximum atomic E-state index is 12.3. The van der Waals surface area contributed by atoms with Crippen molar-refractivity contribution in [2.24, 2.45) is 0 Å². The van der Waals surface area contributed by atoms with Crippen LogP contribution in [0.25, 0.3) is 0 Å². The molecule has 1 aromatic carbocycles. The molecule has 0 radical (unpaired) electrons. The van der Waals surface area contributed by atoms with Crippen LogP contribution < -0.4 is 0 Å². The Morgan fingerprint density at radius 2 is 2.20 bits per heavy atom. The fourth-order valence-corrected chi connectivity index (χ4v) is 1.98. The predicted octanol–water partition coefficient (Wildman–Crippen LogP) is 3.29. The Labute approximate surface area is 131 Å². The number of benzene rings is 1. The molecule has 0 heterocycles. The predicted molar refractivity (Wildman–Crippen MR) is 81.9 cm³/mol. The lowest BCUT2D eigenvalue weighted by molar-refractivity contribution is -0.143. The molecule has 0 aliphatic heterocycles. The molecule has 1 amide bonds. The quantitative estimate of drug-likeness (QED) is 0.578. The minimum Gasteiger partial charge on any atom is -0.465 e. The highest BCUT2D eigenvalue weighted by Gasteiger charge is 2.19. The Morgan fingerprint density at radius 1 is 1.50 bits per heavy atom. The van der Waals surface area contributed by atoms with E-state index in [0.717, 1.165) is 0 Å². The summed E-state index contributed by atoms with van der Waals surface area (Å²) in [5, 5.41) is 0.436. The van der Waals surface area contributed by atoms with Gasteiger partial charge < -0.3 is 9.64 Å². The lowest BCUT2D eigenvalue weighted by Crippen LogP contribution is -2.36. The number of ether oxygens (including phenoxy) is 1. The van der Waals surface area contributed by atoms with Crippen molar-refractivity contribution in [2.75, 3.05) is 19.7 Å². The van der Waals surface area contributed by atoms with Crippen LogP contribution in [0.1, 0.15) is 17.3 Å². The minimum atomic E-state index is -0.453. The van der Waals surface area contributed by atoms with Gasteiger partial charge in [-0.3, -0.25) is 9.59 Å².